The molecule has 0 radical (unpaired) electrons. The maximum atomic E-state index is 13.4. The summed E-state index contributed by atoms with van der Waals surface area (Å²) in [5.41, 5.74) is 3.02. The van der Waals surface area contributed by atoms with E-state index in [1.807, 2.05) is 60.4 Å². The molecule has 5 rings (SSSR count). The Balaban J connectivity index is 1.42. The number of methoxy groups -OCH3 is 1. The smallest absolute Gasteiger partial charge is 0.328 e. The number of benzene rings is 2. The van der Waals surface area contributed by atoms with E-state index in [2.05, 4.69) is 4.90 Å². The van der Waals surface area contributed by atoms with Crippen molar-refractivity contribution in [2.75, 3.05) is 32.1 Å². The van der Waals surface area contributed by atoms with E-state index in [1.165, 1.54) is 4.90 Å². The minimum atomic E-state index is -0.509. The first kappa shape index (κ1) is 19.4. The molecule has 2 aromatic rings. The van der Waals surface area contributed by atoms with Crippen LogP contribution in [0, 0.1) is 6.92 Å². The Morgan fingerprint density at radius 3 is 2.58 bits per heavy atom. The van der Waals surface area contributed by atoms with E-state index in [4.69, 9.17) is 9.73 Å². The van der Waals surface area contributed by atoms with Gasteiger partial charge in [-0.1, -0.05) is 29.8 Å². The number of anilines is 1. The molecule has 3 aliphatic rings. The monoisotopic (exact) mass is 419 g/mol. The van der Waals surface area contributed by atoms with Crippen LogP contribution in [0.25, 0.3) is 0 Å². The van der Waals surface area contributed by atoms with Gasteiger partial charge in [0.1, 0.15) is 5.75 Å². The minimum absolute atomic E-state index is 0.190. The van der Waals surface area contributed by atoms with E-state index in [-0.39, 0.29) is 18.5 Å². The second kappa shape index (κ2) is 7.30. The fourth-order valence-electron chi connectivity index (χ4n) is 4.58. The summed E-state index contributed by atoms with van der Waals surface area (Å²) in [5.74, 6) is 1.34. The lowest BCUT2D eigenvalue weighted by Crippen LogP contribution is -2.64. The van der Waals surface area contributed by atoms with Gasteiger partial charge in [0.05, 0.1) is 13.7 Å². The van der Waals surface area contributed by atoms with Crippen molar-refractivity contribution >= 4 is 23.6 Å². The van der Waals surface area contributed by atoms with Gasteiger partial charge in [0, 0.05) is 25.8 Å². The van der Waals surface area contributed by atoms with E-state index in [0.717, 1.165) is 35.1 Å². The van der Waals surface area contributed by atoms with Gasteiger partial charge in [-0.3, -0.25) is 9.69 Å². The highest BCUT2D eigenvalue weighted by atomic mass is 16.5. The molecule has 2 aromatic carbocycles. The number of carbonyl (C=O) groups is 2. The zero-order chi connectivity index (χ0) is 21.7. The molecule has 8 heteroatoms. The molecule has 0 aromatic heterocycles. The molecule has 8 nitrogen and oxygen atoms in total. The average Bonchev–Trinajstić information content (AvgIpc) is 3.35. The maximum Gasteiger partial charge on any atom is 0.328 e. The van der Waals surface area contributed by atoms with Gasteiger partial charge in [-0.05, 0) is 36.8 Å². The Morgan fingerprint density at radius 2 is 1.87 bits per heavy atom. The van der Waals surface area contributed by atoms with E-state index < -0.39 is 12.2 Å². The molecule has 3 aliphatic heterocycles. The van der Waals surface area contributed by atoms with Gasteiger partial charge in [-0.2, -0.15) is 0 Å². The first-order valence-corrected chi connectivity index (χ1v) is 10.4. The number of aliphatic imine (C=N–C) groups is 1. The predicted molar refractivity (Wildman–Crippen MR) is 117 cm³/mol. The predicted octanol–water partition coefficient (Wildman–Crippen LogP) is 2.28. The number of urea groups is 1. The van der Waals surface area contributed by atoms with Crippen molar-refractivity contribution in [1.29, 1.82) is 0 Å². The van der Waals surface area contributed by atoms with Crippen LogP contribution in [-0.4, -0.2) is 72.1 Å². The summed E-state index contributed by atoms with van der Waals surface area (Å²) in [5, 5.41) is 0. The number of fused-ring (bicyclic) bond motifs is 3. The lowest BCUT2D eigenvalue weighted by Gasteiger charge is -2.40. The van der Waals surface area contributed by atoms with Crippen molar-refractivity contribution in [2.45, 2.75) is 25.7 Å². The molecule has 2 unspecified atom stereocenters. The van der Waals surface area contributed by atoms with E-state index in [1.54, 1.807) is 19.1 Å². The molecule has 0 N–H and O–H groups in total. The number of hydrogen-bond acceptors (Lipinski definition) is 6. The number of hydrogen-bond donors (Lipinski definition) is 0. The third-order valence-corrected chi connectivity index (χ3v) is 6.18. The van der Waals surface area contributed by atoms with Gasteiger partial charge >= 0.3 is 6.03 Å². The standard InChI is InChI=1S/C23H25N5O3/c1-15-5-4-6-16(13-15)14-28-21(29)19-20(25(2)23(28)30)24-22-26(11-12-27(19)22)17-7-9-18(31-3)10-8-17/h4-10,13,19-20H,11-12,14H2,1-3H3. The molecule has 0 spiro atoms. The number of aryl methyl sites for hydroxylation is 1. The van der Waals surface area contributed by atoms with Crippen LogP contribution in [0.3, 0.4) is 0 Å². The van der Waals surface area contributed by atoms with E-state index in [0.29, 0.717) is 6.54 Å². The molecule has 0 aliphatic carbocycles. The molecular formula is C23H25N5O3. The van der Waals surface area contributed by atoms with Gasteiger partial charge < -0.3 is 19.4 Å². The van der Waals surface area contributed by atoms with Crippen molar-refractivity contribution in [2.24, 2.45) is 4.99 Å². The largest absolute Gasteiger partial charge is 0.497 e. The maximum absolute atomic E-state index is 13.4. The summed E-state index contributed by atoms with van der Waals surface area (Å²) in [4.78, 5) is 38.3. The Hall–Kier alpha value is -3.55. The van der Waals surface area contributed by atoms with Crippen molar-refractivity contribution in [3.8, 4) is 5.75 Å². The van der Waals surface area contributed by atoms with Gasteiger partial charge in [0.15, 0.2) is 12.2 Å². The fourth-order valence-corrected chi connectivity index (χ4v) is 4.58. The van der Waals surface area contributed by atoms with Crippen LogP contribution < -0.4 is 9.64 Å². The number of ether oxygens (including phenoxy) is 1. The highest BCUT2D eigenvalue weighted by Crippen LogP contribution is 2.34. The SMILES string of the molecule is COc1ccc(N2CCN3C2=NC2C3C(=O)N(Cc3cccc(C)c3)C(=O)N2C)cc1. The highest BCUT2D eigenvalue weighted by Gasteiger charge is 2.54. The number of nitrogens with zero attached hydrogens (tertiary/aromatic N) is 5. The summed E-state index contributed by atoms with van der Waals surface area (Å²) < 4.78 is 5.25. The van der Waals surface area contributed by atoms with E-state index >= 15 is 0 Å². The number of likely N-dealkylation sites (N-methyl/N-ethyl adjacent to an activating group) is 1. The zero-order valence-electron chi connectivity index (χ0n) is 17.9. The fraction of sp³-hybridized carbons (Fsp3) is 0.348. The van der Waals surface area contributed by atoms with Crippen molar-refractivity contribution < 1.29 is 14.3 Å². The summed E-state index contributed by atoms with van der Waals surface area (Å²) >= 11 is 0. The number of rotatable bonds is 4. The van der Waals surface area contributed by atoms with Gasteiger partial charge in [0.25, 0.3) is 5.91 Å². The summed E-state index contributed by atoms with van der Waals surface area (Å²) in [7, 11) is 3.36. The van der Waals surface area contributed by atoms with Crippen molar-refractivity contribution in [1.82, 2.24) is 14.7 Å². The second-order valence-electron chi connectivity index (χ2n) is 8.14. The quantitative estimate of drug-likeness (QED) is 0.761. The molecule has 3 heterocycles. The Morgan fingerprint density at radius 1 is 1.10 bits per heavy atom. The third kappa shape index (κ3) is 3.10. The number of guanidine groups is 1. The molecule has 3 amide bonds. The van der Waals surface area contributed by atoms with Crippen LogP contribution in [0.1, 0.15) is 11.1 Å². The van der Waals surface area contributed by atoms with Gasteiger partial charge in [-0.15, -0.1) is 0 Å². The lowest BCUT2D eigenvalue weighted by molar-refractivity contribution is -0.137. The van der Waals surface area contributed by atoms with Crippen LogP contribution in [0.4, 0.5) is 10.5 Å². The molecular weight excluding hydrogens is 394 g/mol. The van der Waals surface area contributed by atoms with Gasteiger partial charge in [-0.25, -0.2) is 9.79 Å². The molecule has 2 fully saturated rings. The molecule has 2 saturated heterocycles. The van der Waals surface area contributed by atoms with Crippen LogP contribution >= 0.6 is 0 Å². The Labute approximate surface area is 181 Å². The Bertz CT molecular complexity index is 1070. The highest BCUT2D eigenvalue weighted by molar-refractivity contribution is 6.07. The lowest BCUT2D eigenvalue weighted by atomic mass is 10.1. The molecule has 31 heavy (non-hydrogen) atoms. The first-order valence-electron chi connectivity index (χ1n) is 10.4. The summed E-state index contributed by atoms with van der Waals surface area (Å²) in [6.45, 7) is 3.67. The van der Waals surface area contributed by atoms with Crippen LogP contribution in [0.2, 0.25) is 0 Å². The molecule has 0 bridgehead atoms. The zero-order valence-corrected chi connectivity index (χ0v) is 17.9. The number of carbonyl (C=O) groups excluding carboxylic acids is 2. The summed E-state index contributed by atoms with van der Waals surface area (Å²) in [6.07, 6.45) is -0.509. The first-order chi connectivity index (χ1) is 15.0. The summed E-state index contributed by atoms with van der Waals surface area (Å²) in [6, 6.07) is 14.9. The topological polar surface area (TPSA) is 68.7 Å². The molecule has 2 atom stereocenters. The second-order valence-corrected chi connectivity index (χ2v) is 8.14. The van der Waals surface area contributed by atoms with Crippen molar-refractivity contribution in [3.63, 3.8) is 0 Å². The van der Waals surface area contributed by atoms with Crippen LogP contribution in [0.5, 0.6) is 5.75 Å². The molecule has 160 valence electrons. The molecule has 0 saturated carbocycles. The van der Waals surface area contributed by atoms with E-state index in [9.17, 15) is 9.59 Å². The Kier molecular flexibility index (Phi) is 4.57. The van der Waals surface area contributed by atoms with Gasteiger partial charge in [0.2, 0.25) is 5.96 Å². The average molecular weight is 419 g/mol. The van der Waals surface area contributed by atoms with Crippen LogP contribution in [0.15, 0.2) is 53.5 Å². The minimum Gasteiger partial charge on any atom is -0.497 e. The number of amides is 3. The third-order valence-electron chi connectivity index (χ3n) is 6.18. The number of imide groups is 1. The van der Waals surface area contributed by atoms with Crippen LogP contribution in [-0.2, 0) is 11.3 Å². The van der Waals surface area contributed by atoms with Crippen molar-refractivity contribution in [3.05, 3.63) is 59.7 Å². The normalized spacial score (nSPS) is 22.6.